The fraction of sp³-hybridized carbons (Fsp3) is 0.950. The molecule has 0 aliphatic rings. The van der Waals surface area contributed by atoms with E-state index in [0.717, 1.165) is 25.0 Å². The Hall–Kier alpha value is -0.180. The number of amides is 1. The van der Waals surface area contributed by atoms with Gasteiger partial charge >= 0.3 is 0 Å². The molecule has 0 spiro atoms. The normalized spacial score (nSPS) is 12.4. The standard InChI is InChI=1S/C20H41NOS/c1-2-3-4-5-6-7-8-9-10-11-12-13-14-15-16-19(17-18-23)20(21)22/h19,23H,2-18H2,1H3,(H2,21,22). The van der Waals surface area contributed by atoms with Gasteiger partial charge in [0.2, 0.25) is 5.91 Å². The number of primary amides is 1. The van der Waals surface area contributed by atoms with Gasteiger partial charge in [-0.3, -0.25) is 4.79 Å². The van der Waals surface area contributed by atoms with Crippen molar-refractivity contribution in [3.63, 3.8) is 0 Å². The summed E-state index contributed by atoms with van der Waals surface area (Å²) in [4.78, 5) is 11.2. The molecule has 3 heteroatoms. The van der Waals surface area contributed by atoms with Crippen LogP contribution in [0.4, 0.5) is 0 Å². The Bertz CT molecular complexity index is 258. The average Bonchev–Trinajstić information content (AvgIpc) is 2.54. The molecule has 0 rings (SSSR count). The fourth-order valence-corrected chi connectivity index (χ4v) is 3.48. The third-order valence-corrected chi connectivity index (χ3v) is 5.04. The molecule has 0 heterocycles. The van der Waals surface area contributed by atoms with Crippen LogP contribution in [0.2, 0.25) is 0 Å². The van der Waals surface area contributed by atoms with Crippen LogP contribution in [0.1, 0.15) is 110 Å². The maximum atomic E-state index is 11.2. The largest absolute Gasteiger partial charge is 0.369 e. The lowest BCUT2D eigenvalue weighted by molar-refractivity contribution is -0.122. The number of rotatable bonds is 18. The van der Waals surface area contributed by atoms with Gasteiger partial charge in [0.25, 0.3) is 0 Å². The number of hydrogen-bond acceptors (Lipinski definition) is 2. The first kappa shape index (κ1) is 22.8. The number of hydrogen-bond donors (Lipinski definition) is 2. The lowest BCUT2D eigenvalue weighted by atomic mass is 9.97. The minimum atomic E-state index is -0.145. The van der Waals surface area contributed by atoms with Crippen LogP contribution in [-0.4, -0.2) is 11.7 Å². The molecular formula is C20H41NOS. The zero-order valence-electron chi connectivity index (χ0n) is 15.5. The van der Waals surface area contributed by atoms with E-state index in [-0.39, 0.29) is 11.8 Å². The van der Waals surface area contributed by atoms with Gasteiger partial charge in [-0.05, 0) is 18.6 Å². The molecule has 0 aromatic rings. The van der Waals surface area contributed by atoms with Gasteiger partial charge in [-0.25, -0.2) is 0 Å². The second kappa shape index (κ2) is 18.2. The van der Waals surface area contributed by atoms with Crippen LogP contribution in [0.25, 0.3) is 0 Å². The van der Waals surface area contributed by atoms with Gasteiger partial charge in [0.05, 0.1) is 0 Å². The molecule has 0 saturated heterocycles. The predicted octanol–water partition coefficient (Wildman–Crippen LogP) is 6.28. The van der Waals surface area contributed by atoms with Crippen LogP contribution in [0, 0.1) is 5.92 Å². The van der Waals surface area contributed by atoms with E-state index in [9.17, 15) is 4.79 Å². The molecule has 0 radical (unpaired) electrons. The zero-order valence-corrected chi connectivity index (χ0v) is 16.4. The Labute approximate surface area is 150 Å². The Morgan fingerprint density at radius 2 is 1.13 bits per heavy atom. The van der Waals surface area contributed by atoms with Crippen molar-refractivity contribution in [2.24, 2.45) is 11.7 Å². The summed E-state index contributed by atoms with van der Waals surface area (Å²) in [5.74, 6) is 0.658. The number of nitrogens with two attached hydrogens (primary N) is 1. The highest BCUT2D eigenvalue weighted by atomic mass is 32.1. The van der Waals surface area contributed by atoms with Crippen LogP contribution in [0.3, 0.4) is 0 Å². The Morgan fingerprint density at radius 1 is 0.739 bits per heavy atom. The molecule has 0 aliphatic carbocycles. The summed E-state index contributed by atoms with van der Waals surface area (Å²) in [6, 6.07) is 0. The molecule has 0 bridgehead atoms. The number of unbranched alkanes of at least 4 members (excludes halogenated alkanes) is 13. The summed E-state index contributed by atoms with van der Waals surface area (Å²) in [7, 11) is 0. The minimum Gasteiger partial charge on any atom is -0.369 e. The molecule has 2 N–H and O–H groups in total. The molecule has 1 unspecified atom stereocenters. The first-order valence-electron chi connectivity index (χ1n) is 10.1. The van der Waals surface area contributed by atoms with Crippen molar-refractivity contribution in [3.05, 3.63) is 0 Å². The second-order valence-electron chi connectivity index (χ2n) is 7.00. The smallest absolute Gasteiger partial charge is 0.220 e. The summed E-state index contributed by atoms with van der Waals surface area (Å²) >= 11 is 4.19. The number of carbonyl (C=O) groups is 1. The fourth-order valence-electron chi connectivity index (χ4n) is 3.17. The average molecular weight is 344 g/mol. The molecular weight excluding hydrogens is 302 g/mol. The highest BCUT2D eigenvalue weighted by Crippen LogP contribution is 2.16. The molecule has 23 heavy (non-hydrogen) atoms. The van der Waals surface area contributed by atoms with Crippen LogP contribution >= 0.6 is 12.6 Å². The van der Waals surface area contributed by atoms with Crippen molar-refractivity contribution in [2.45, 2.75) is 110 Å². The summed E-state index contributed by atoms with van der Waals surface area (Å²) < 4.78 is 0. The van der Waals surface area contributed by atoms with Crippen LogP contribution < -0.4 is 5.73 Å². The van der Waals surface area contributed by atoms with Crippen LogP contribution in [-0.2, 0) is 4.79 Å². The highest BCUT2D eigenvalue weighted by Gasteiger charge is 2.13. The number of thiol groups is 1. The van der Waals surface area contributed by atoms with Crippen molar-refractivity contribution < 1.29 is 4.79 Å². The molecule has 2 nitrogen and oxygen atoms in total. The van der Waals surface area contributed by atoms with E-state index >= 15 is 0 Å². The summed E-state index contributed by atoms with van der Waals surface area (Å²) in [5.41, 5.74) is 5.40. The molecule has 1 amide bonds. The molecule has 0 saturated carbocycles. The first-order chi connectivity index (χ1) is 11.2. The number of carbonyl (C=O) groups excluding carboxylic acids is 1. The molecule has 0 aromatic heterocycles. The van der Waals surface area contributed by atoms with E-state index in [1.807, 2.05) is 0 Å². The van der Waals surface area contributed by atoms with E-state index in [4.69, 9.17) is 5.73 Å². The highest BCUT2D eigenvalue weighted by molar-refractivity contribution is 7.80. The van der Waals surface area contributed by atoms with Crippen LogP contribution in [0.5, 0.6) is 0 Å². The lowest BCUT2D eigenvalue weighted by Gasteiger charge is -2.11. The van der Waals surface area contributed by atoms with Crippen molar-refractivity contribution >= 4 is 18.5 Å². The Morgan fingerprint density at radius 3 is 1.48 bits per heavy atom. The van der Waals surface area contributed by atoms with Crippen molar-refractivity contribution in [1.82, 2.24) is 0 Å². The van der Waals surface area contributed by atoms with Gasteiger partial charge in [0.15, 0.2) is 0 Å². The van der Waals surface area contributed by atoms with Gasteiger partial charge < -0.3 is 5.73 Å². The summed E-state index contributed by atoms with van der Waals surface area (Å²) in [5, 5.41) is 0. The van der Waals surface area contributed by atoms with Gasteiger partial charge in [-0.15, -0.1) is 0 Å². The lowest BCUT2D eigenvalue weighted by Crippen LogP contribution is -2.23. The van der Waals surface area contributed by atoms with Crippen molar-refractivity contribution in [3.8, 4) is 0 Å². The quantitative estimate of drug-likeness (QED) is 0.223. The van der Waals surface area contributed by atoms with Crippen molar-refractivity contribution in [2.75, 3.05) is 5.75 Å². The van der Waals surface area contributed by atoms with Gasteiger partial charge in [0.1, 0.15) is 0 Å². The molecule has 138 valence electrons. The third kappa shape index (κ3) is 16.5. The molecule has 0 aliphatic heterocycles. The van der Waals surface area contributed by atoms with E-state index in [2.05, 4.69) is 19.6 Å². The van der Waals surface area contributed by atoms with E-state index in [0.29, 0.717) is 0 Å². The maximum absolute atomic E-state index is 11.2. The second-order valence-corrected chi connectivity index (χ2v) is 7.44. The Kier molecular flexibility index (Phi) is 18.0. The van der Waals surface area contributed by atoms with E-state index < -0.39 is 0 Å². The van der Waals surface area contributed by atoms with Gasteiger partial charge in [-0.2, -0.15) is 12.6 Å². The van der Waals surface area contributed by atoms with Gasteiger partial charge in [0, 0.05) is 5.92 Å². The van der Waals surface area contributed by atoms with Crippen LogP contribution in [0.15, 0.2) is 0 Å². The monoisotopic (exact) mass is 343 g/mol. The van der Waals surface area contributed by atoms with Crippen molar-refractivity contribution in [1.29, 1.82) is 0 Å². The maximum Gasteiger partial charge on any atom is 0.220 e. The third-order valence-electron chi connectivity index (χ3n) is 4.79. The minimum absolute atomic E-state index is 0.0461. The molecule has 1 atom stereocenters. The van der Waals surface area contributed by atoms with Gasteiger partial charge in [-0.1, -0.05) is 96.8 Å². The molecule has 0 fully saturated rings. The molecule has 0 aromatic carbocycles. The summed E-state index contributed by atoms with van der Waals surface area (Å²) in [6.07, 6.45) is 20.9. The predicted molar refractivity (Wildman–Crippen MR) is 106 cm³/mol. The van der Waals surface area contributed by atoms with E-state index in [1.165, 1.54) is 83.5 Å². The zero-order chi connectivity index (χ0) is 17.2. The SMILES string of the molecule is CCCCCCCCCCCCCCCCC(CCS)C(N)=O. The topological polar surface area (TPSA) is 43.1 Å². The summed E-state index contributed by atoms with van der Waals surface area (Å²) in [6.45, 7) is 2.28. The first-order valence-corrected chi connectivity index (χ1v) is 10.8. The Balaban J connectivity index is 3.20. The van der Waals surface area contributed by atoms with E-state index in [1.54, 1.807) is 0 Å².